The zero-order valence-electron chi connectivity index (χ0n) is 15.0. The molecule has 0 spiro atoms. The minimum absolute atomic E-state index is 0.00388. The number of benzene rings is 2. The molecular weight excluding hydrogens is 312 g/mol. The van der Waals surface area contributed by atoms with Crippen molar-refractivity contribution in [3.05, 3.63) is 65.2 Å². The lowest BCUT2D eigenvalue weighted by molar-refractivity contribution is 0.0937. The van der Waals surface area contributed by atoms with E-state index in [4.69, 9.17) is 4.74 Å². The van der Waals surface area contributed by atoms with Gasteiger partial charge in [0.1, 0.15) is 5.75 Å². The highest BCUT2D eigenvalue weighted by Crippen LogP contribution is 2.26. The second kappa shape index (κ2) is 8.17. The van der Waals surface area contributed by atoms with Gasteiger partial charge in [-0.1, -0.05) is 30.3 Å². The molecule has 0 bridgehead atoms. The molecule has 2 aromatic carbocycles. The van der Waals surface area contributed by atoms with Gasteiger partial charge in [-0.05, 0) is 62.2 Å². The third-order valence-electron chi connectivity index (χ3n) is 4.93. The lowest BCUT2D eigenvalue weighted by Gasteiger charge is -2.28. The van der Waals surface area contributed by atoms with Crippen molar-refractivity contribution in [2.75, 3.05) is 26.7 Å². The van der Waals surface area contributed by atoms with Gasteiger partial charge in [0.05, 0.1) is 13.2 Å². The van der Waals surface area contributed by atoms with E-state index in [0.29, 0.717) is 6.54 Å². The zero-order chi connectivity index (χ0) is 17.6. The van der Waals surface area contributed by atoms with Crippen LogP contribution in [0.1, 0.15) is 40.4 Å². The average Bonchev–Trinajstić information content (AvgIpc) is 3.17. The Kier molecular flexibility index (Phi) is 5.71. The molecule has 4 heteroatoms. The number of aryl methyl sites for hydroxylation is 1. The summed E-state index contributed by atoms with van der Waals surface area (Å²) in [6.07, 6.45) is 2.44. The van der Waals surface area contributed by atoms with Crippen LogP contribution in [0.2, 0.25) is 0 Å². The molecule has 1 N–H and O–H groups in total. The van der Waals surface area contributed by atoms with Gasteiger partial charge in [-0.3, -0.25) is 9.69 Å². The minimum atomic E-state index is -0.00388. The first-order valence-corrected chi connectivity index (χ1v) is 8.91. The summed E-state index contributed by atoms with van der Waals surface area (Å²) in [7, 11) is 1.68. The van der Waals surface area contributed by atoms with E-state index in [2.05, 4.69) is 22.3 Å². The first-order valence-electron chi connectivity index (χ1n) is 8.91. The smallest absolute Gasteiger partial charge is 0.251 e. The van der Waals surface area contributed by atoms with Gasteiger partial charge in [0.25, 0.3) is 5.91 Å². The van der Waals surface area contributed by atoms with Gasteiger partial charge in [-0.25, -0.2) is 0 Å². The summed E-state index contributed by atoms with van der Waals surface area (Å²) in [5, 5.41) is 3.13. The summed E-state index contributed by atoms with van der Waals surface area (Å²) in [6.45, 7) is 4.74. The molecule has 1 saturated heterocycles. The van der Waals surface area contributed by atoms with Gasteiger partial charge < -0.3 is 10.1 Å². The third-order valence-corrected chi connectivity index (χ3v) is 4.93. The molecular formula is C21H26N2O2. The van der Waals surface area contributed by atoms with Crippen LogP contribution in [0, 0.1) is 6.92 Å². The van der Waals surface area contributed by atoms with E-state index in [9.17, 15) is 4.79 Å². The van der Waals surface area contributed by atoms with Crippen molar-refractivity contribution in [3.63, 3.8) is 0 Å². The fourth-order valence-electron chi connectivity index (χ4n) is 3.45. The number of likely N-dealkylation sites (tertiary alicyclic amines) is 1. The van der Waals surface area contributed by atoms with E-state index < -0.39 is 0 Å². The summed E-state index contributed by atoms with van der Waals surface area (Å²) in [6, 6.07) is 16.1. The molecule has 2 aromatic rings. The van der Waals surface area contributed by atoms with Crippen molar-refractivity contribution in [1.29, 1.82) is 0 Å². The Balaban J connectivity index is 1.73. The van der Waals surface area contributed by atoms with Gasteiger partial charge in [0, 0.05) is 12.1 Å². The molecule has 0 aliphatic carbocycles. The number of ether oxygens (including phenoxy) is 1. The van der Waals surface area contributed by atoms with Gasteiger partial charge in [-0.2, -0.15) is 0 Å². The number of amides is 1. The van der Waals surface area contributed by atoms with Crippen molar-refractivity contribution in [2.24, 2.45) is 0 Å². The molecule has 132 valence electrons. The summed E-state index contributed by atoms with van der Waals surface area (Å²) in [4.78, 5) is 15.0. The van der Waals surface area contributed by atoms with Crippen LogP contribution < -0.4 is 10.1 Å². The number of hydrogen-bond acceptors (Lipinski definition) is 3. The Bertz CT molecular complexity index is 706. The molecule has 0 unspecified atom stereocenters. The molecule has 0 radical (unpaired) electrons. The van der Waals surface area contributed by atoms with Crippen molar-refractivity contribution < 1.29 is 9.53 Å². The Morgan fingerprint density at radius 2 is 1.80 bits per heavy atom. The Labute approximate surface area is 149 Å². The van der Waals surface area contributed by atoms with Crippen LogP contribution in [-0.4, -0.2) is 37.6 Å². The first kappa shape index (κ1) is 17.5. The van der Waals surface area contributed by atoms with Crippen molar-refractivity contribution in [3.8, 4) is 5.75 Å². The number of methoxy groups -OCH3 is 1. The zero-order valence-corrected chi connectivity index (χ0v) is 15.0. The summed E-state index contributed by atoms with van der Waals surface area (Å²) >= 11 is 0. The van der Waals surface area contributed by atoms with Crippen molar-refractivity contribution in [1.82, 2.24) is 10.2 Å². The lowest BCUT2D eigenvalue weighted by Crippen LogP contribution is -2.37. The van der Waals surface area contributed by atoms with Crippen LogP contribution in [0.3, 0.4) is 0 Å². The minimum Gasteiger partial charge on any atom is -0.497 e. The molecule has 1 atom stereocenters. The fraction of sp³-hybridized carbons (Fsp3) is 0.381. The predicted molar refractivity (Wildman–Crippen MR) is 100 cm³/mol. The molecule has 1 aliphatic rings. The molecule has 3 rings (SSSR count). The summed E-state index contributed by atoms with van der Waals surface area (Å²) < 4.78 is 5.26. The highest BCUT2D eigenvalue weighted by atomic mass is 16.5. The SMILES string of the molecule is COc1ccc([C@H](CNC(=O)c2ccccc2C)N2CCCC2)cc1. The van der Waals surface area contributed by atoms with E-state index in [1.165, 1.54) is 18.4 Å². The van der Waals surface area contributed by atoms with E-state index >= 15 is 0 Å². The number of hydrogen-bond donors (Lipinski definition) is 1. The highest BCUT2D eigenvalue weighted by Gasteiger charge is 2.24. The quantitative estimate of drug-likeness (QED) is 0.875. The highest BCUT2D eigenvalue weighted by molar-refractivity contribution is 5.95. The van der Waals surface area contributed by atoms with E-state index in [1.54, 1.807) is 7.11 Å². The van der Waals surface area contributed by atoms with Gasteiger partial charge >= 0.3 is 0 Å². The number of nitrogens with zero attached hydrogens (tertiary/aromatic N) is 1. The second-order valence-corrected chi connectivity index (χ2v) is 6.56. The van der Waals surface area contributed by atoms with Gasteiger partial charge in [0.15, 0.2) is 0 Å². The standard InChI is InChI=1S/C21H26N2O2/c1-16-7-3-4-8-19(16)21(24)22-15-20(23-13-5-6-14-23)17-9-11-18(25-2)12-10-17/h3-4,7-12,20H,5-6,13-15H2,1-2H3,(H,22,24)/t20-/m0/s1. The van der Waals surface area contributed by atoms with E-state index in [0.717, 1.165) is 30.0 Å². The largest absolute Gasteiger partial charge is 0.497 e. The molecule has 1 aliphatic heterocycles. The maximum atomic E-state index is 12.6. The van der Waals surface area contributed by atoms with E-state index in [1.807, 2.05) is 43.3 Å². The molecule has 1 heterocycles. The lowest BCUT2D eigenvalue weighted by atomic mass is 10.0. The van der Waals surface area contributed by atoms with Gasteiger partial charge in [0.2, 0.25) is 0 Å². The number of nitrogens with one attached hydrogen (secondary N) is 1. The van der Waals surface area contributed by atoms with Crippen LogP contribution in [0.5, 0.6) is 5.75 Å². The third kappa shape index (κ3) is 4.20. The van der Waals surface area contributed by atoms with Crippen LogP contribution in [0.25, 0.3) is 0 Å². The summed E-state index contributed by atoms with van der Waals surface area (Å²) in [5.41, 5.74) is 2.97. The predicted octanol–water partition coefficient (Wildman–Crippen LogP) is 3.57. The number of rotatable bonds is 6. The van der Waals surface area contributed by atoms with Crippen LogP contribution >= 0.6 is 0 Å². The fourth-order valence-corrected chi connectivity index (χ4v) is 3.45. The maximum Gasteiger partial charge on any atom is 0.251 e. The van der Waals surface area contributed by atoms with Crippen molar-refractivity contribution in [2.45, 2.75) is 25.8 Å². The Morgan fingerprint density at radius 3 is 2.44 bits per heavy atom. The molecule has 1 fully saturated rings. The molecule has 4 nitrogen and oxygen atoms in total. The molecule has 25 heavy (non-hydrogen) atoms. The monoisotopic (exact) mass is 338 g/mol. The second-order valence-electron chi connectivity index (χ2n) is 6.56. The van der Waals surface area contributed by atoms with Crippen LogP contribution in [0.15, 0.2) is 48.5 Å². The Hall–Kier alpha value is -2.33. The molecule has 1 amide bonds. The van der Waals surface area contributed by atoms with E-state index in [-0.39, 0.29) is 11.9 Å². The maximum absolute atomic E-state index is 12.6. The van der Waals surface area contributed by atoms with Crippen LogP contribution in [-0.2, 0) is 0 Å². The first-order chi connectivity index (χ1) is 12.2. The van der Waals surface area contributed by atoms with Crippen molar-refractivity contribution >= 4 is 5.91 Å². The van der Waals surface area contributed by atoms with Gasteiger partial charge in [-0.15, -0.1) is 0 Å². The molecule has 0 aromatic heterocycles. The number of carbonyl (C=O) groups is 1. The normalized spacial score (nSPS) is 15.8. The number of carbonyl (C=O) groups excluding carboxylic acids is 1. The average molecular weight is 338 g/mol. The topological polar surface area (TPSA) is 41.6 Å². The summed E-state index contributed by atoms with van der Waals surface area (Å²) in [5.74, 6) is 0.851. The molecule has 0 saturated carbocycles. The Morgan fingerprint density at radius 1 is 1.12 bits per heavy atom. The van der Waals surface area contributed by atoms with Crippen LogP contribution in [0.4, 0.5) is 0 Å².